The van der Waals surface area contributed by atoms with Gasteiger partial charge in [0.1, 0.15) is 11.5 Å². The summed E-state index contributed by atoms with van der Waals surface area (Å²) in [5.74, 6) is 1.89. The Morgan fingerprint density at radius 3 is 2.38 bits per heavy atom. The van der Waals surface area contributed by atoms with Crippen LogP contribution in [0, 0.1) is 0 Å². The monoisotopic (exact) mass is 291 g/mol. The molecule has 0 fully saturated rings. The Labute approximate surface area is 129 Å². The summed E-state index contributed by atoms with van der Waals surface area (Å²) in [6.07, 6.45) is 5.91. The Morgan fingerprint density at radius 2 is 1.81 bits per heavy atom. The molecule has 0 radical (unpaired) electrons. The van der Waals surface area contributed by atoms with Crippen LogP contribution in [0.4, 0.5) is 0 Å². The number of benzene rings is 1. The fourth-order valence-corrected chi connectivity index (χ4v) is 3.47. The van der Waals surface area contributed by atoms with E-state index in [1.807, 2.05) is 6.07 Å². The summed E-state index contributed by atoms with van der Waals surface area (Å²) in [6, 6.07) is 4.86. The standard InChI is InChI=1S/C18H29NO2/c1-5-9-19(10-6-2)15-7-8-17-14(11-15)12-16(20-3)13-18(17)21-4/h12-13,15H,5-11H2,1-4H3/t15-/m1/s1. The second kappa shape index (κ2) is 7.69. The fourth-order valence-electron chi connectivity index (χ4n) is 3.47. The van der Waals surface area contributed by atoms with Gasteiger partial charge in [0.15, 0.2) is 0 Å². The van der Waals surface area contributed by atoms with Gasteiger partial charge in [0.05, 0.1) is 14.2 Å². The quantitative estimate of drug-likeness (QED) is 0.765. The third-order valence-corrected chi connectivity index (χ3v) is 4.45. The van der Waals surface area contributed by atoms with E-state index in [-0.39, 0.29) is 0 Å². The Morgan fingerprint density at radius 1 is 1.10 bits per heavy atom. The molecule has 0 spiro atoms. The lowest BCUT2D eigenvalue weighted by molar-refractivity contribution is 0.179. The molecule has 21 heavy (non-hydrogen) atoms. The van der Waals surface area contributed by atoms with Crippen LogP contribution in [0.5, 0.6) is 11.5 Å². The second-order valence-electron chi connectivity index (χ2n) is 5.90. The van der Waals surface area contributed by atoms with Crippen LogP contribution in [0.25, 0.3) is 0 Å². The van der Waals surface area contributed by atoms with Gasteiger partial charge in [-0.2, -0.15) is 0 Å². The fraction of sp³-hybridized carbons (Fsp3) is 0.667. The SMILES string of the molecule is CCCN(CCC)[C@@H]1CCc2c(cc(OC)cc2OC)C1. The Hall–Kier alpha value is -1.22. The predicted octanol–water partition coefficient (Wildman–Crippen LogP) is 3.68. The van der Waals surface area contributed by atoms with Crippen molar-refractivity contribution in [3.63, 3.8) is 0 Å². The van der Waals surface area contributed by atoms with Crippen molar-refractivity contribution in [2.45, 2.75) is 52.0 Å². The summed E-state index contributed by atoms with van der Waals surface area (Å²) < 4.78 is 11.0. The molecule has 0 saturated heterocycles. The minimum atomic E-state index is 0.661. The number of nitrogens with zero attached hydrogens (tertiary/aromatic N) is 1. The van der Waals surface area contributed by atoms with Gasteiger partial charge in [0.2, 0.25) is 0 Å². The number of ether oxygens (including phenoxy) is 2. The van der Waals surface area contributed by atoms with Gasteiger partial charge in [0.25, 0.3) is 0 Å². The molecular formula is C18H29NO2. The van der Waals surface area contributed by atoms with Gasteiger partial charge >= 0.3 is 0 Å². The highest BCUT2D eigenvalue weighted by Gasteiger charge is 2.26. The molecule has 0 aliphatic heterocycles. The van der Waals surface area contributed by atoms with Crippen LogP contribution < -0.4 is 9.47 Å². The van der Waals surface area contributed by atoms with Crippen molar-refractivity contribution in [3.05, 3.63) is 23.3 Å². The molecule has 1 aliphatic carbocycles. The summed E-state index contributed by atoms with van der Waals surface area (Å²) in [4.78, 5) is 2.66. The number of rotatable bonds is 7. The van der Waals surface area contributed by atoms with Gasteiger partial charge in [-0.3, -0.25) is 0 Å². The second-order valence-corrected chi connectivity index (χ2v) is 5.90. The minimum Gasteiger partial charge on any atom is -0.497 e. The molecule has 1 aromatic carbocycles. The number of methoxy groups -OCH3 is 2. The molecule has 0 heterocycles. The van der Waals surface area contributed by atoms with Crippen LogP contribution in [-0.2, 0) is 12.8 Å². The van der Waals surface area contributed by atoms with Crippen molar-refractivity contribution in [3.8, 4) is 11.5 Å². The molecule has 2 rings (SSSR count). The van der Waals surface area contributed by atoms with Gasteiger partial charge in [-0.15, -0.1) is 0 Å². The van der Waals surface area contributed by atoms with Crippen LogP contribution in [0.3, 0.4) is 0 Å². The van der Waals surface area contributed by atoms with Crippen LogP contribution in [0.15, 0.2) is 12.1 Å². The Balaban J connectivity index is 2.22. The van der Waals surface area contributed by atoms with Gasteiger partial charge in [0, 0.05) is 12.1 Å². The molecule has 0 unspecified atom stereocenters. The highest BCUT2D eigenvalue weighted by molar-refractivity contribution is 5.48. The molecule has 1 atom stereocenters. The third kappa shape index (κ3) is 3.70. The van der Waals surface area contributed by atoms with Crippen molar-refractivity contribution in [2.24, 2.45) is 0 Å². The minimum absolute atomic E-state index is 0.661. The summed E-state index contributed by atoms with van der Waals surface area (Å²) in [5, 5.41) is 0. The molecule has 0 bridgehead atoms. The van der Waals surface area contributed by atoms with Crippen molar-refractivity contribution in [2.75, 3.05) is 27.3 Å². The number of hydrogen-bond donors (Lipinski definition) is 0. The molecule has 3 heteroatoms. The van der Waals surface area contributed by atoms with E-state index >= 15 is 0 Å². The Bertz CT molecular complexity index is 453. The van der Waals surface area contributed by atoms with Crippen LogP contribution in [0.1, 0.15) is 44.2 Å². The first-order valence-corrected chi connectivity index (χ1v) is 8.21. The maximum absolute atomic E-state index is 5.55. The van der Waals surface area contributed by atoms with Gasteiger partial charge in [-0.05, 0) is 62.4 Å². The zero-order valence-corrected chi connectivity index (χ0v) is 13.9. The summed E-state index contributed by atoms with van der Waals surface area (Å²) >= 11 is 0. The van der Waals surface area contributed by atoms with E-state index in [2.05, 4.69) is 24.8 Å². The molecule has 3 nitrogen and oxygen atoms in total. The summed E-state index contributed by atoms with van der Waals surface area (Å²) in [7, 11) is 3.48. The molecular weight excluding hydrogens is 262 g/mol. The van der Waals surface area contributed by atoms with Crippen molar-refractivity contribution >= 4 is 0 Å². The van der Waals surface area contributed by atoms with Crippen molar-refractivity contribution < 1.29 is 9.47 Å². The van der Waals surface area contributed by atoms with Crippen LogP contribution in [-0.4, -0.2) is 38.3 Å². The summed E-state index contributed by atoms with van der Waals surface area (Å²) in [6.45, 7) is 6.95. The zero-order chi connectivity index (χ0) is 15.2. The molecule has 0 aromatic heterocycles. The summed E-state index contributed by atoms with van der Waals surface area (Å²) in [5.41, 5.74) is 2.78. The number of fused-ring (bicyclic) bond motifs is 1. The van der Waals surface area contributed by atoms with Gasteiger partial charge in [-0.1, -0.05) is 13.8 Å². The van der Waals surface area contributed by atoms with Gasteiger partial charge < -0.3 is 14.4 Å². The van der Waals surface area contributed by atoms with Crippen LogP contribution >= 0.6 is 0 Å². The van der Waals surface area contributed by atoms with E-state index in [1.165, 1.54) is 43.5 Å². The molecule has 118 valence electrons. The average Bonchev–Trinajstić information content (AvgIpc) is 2.52. The maximum Gasteiger partial charge on any atom is 0.126 e. The first-order valence-electron chi connectivity index (χ1n) is 8.21. The highest BCUT2D eigenvalue weighted by Crippen LogP contribution is 2.35. The molecule has 0 N–H and O–H groups in total. The smallest absolute Gasteiger partial charge is 0.126 e. The first-order chi connectivity index (χ1) is 10.2. The van der Waals surface area contributed by atoms with E-state index in [0.717, 1.165) is 24.3 Å². The lowest BCUT2D eigenvalue weighted by Gasteiger charge is -2.35. The lowest BCUT2D eigenvalue weighted by atomic mass is 9.86. The molecule has 1 aliphatic rings. The first kappa shape index (κ1) is 16.2. The van der Waals surface area contributed by atoms with Gasteiger partial charge in [-0.25, -0.2) is 0 Å². The normalized spacial score (nSPS) is 17.7. The highest BCUT2D eigenvalue weighted by atomic mass is 16.5. The lowest BCUT2D eigenvalue weighted by Crippen LogP contribution is -2.40. The van der Waals surface area contributed by atoms with Crippen molar-refractivity contribution in [1.82, 2.24) is 4.90 Å². The molecule has 0 saturated carbocycles. The topological polar surface area (TPSA) is 21.7 Å². The van der Waals surface area contributed by atoms with Crippen molar-refractivity contribution in [1.29, 1.82) is 0 Å². The molecule has 1 aromatic rings. The zero-order valence-electron chi connectivity index (χ0n) is 13.9. The third-order valence-electron chi connectivity index (χ3n) is 4.45. The van der Waals surface area contributed by atoms with E-state index in [1.54, 1.807) is 14.2 Å². The number of hydrogen-bond acceptors (Lipinski definition) is 3. The van der Waals surface area contributed by atoms with Crippen LogP contribution in [0.2, 0.25) is 0 Å². The maximum atomic E-state index is 5.55. The van der Waals surface area contributed by atoms with E-state index < -0.39 is 0 Å². The predicted molar refractivity (Wildman–Crippen MR) is 87.5 cm³/mol. The average molecular weight is 291 g/mol. The van der Waals surface area contributed by atoms with E-state index in [0.29, 0.717) is 6.04 Å². The molecule has 0 amide bonds. The van der Waals surface area contributed by atoms with E-state index in [9.17, 15) is 0 Å². The van der Waals surface area contributed by atoms with E-state index in [4.69, 9.17) is 9.47 Å². The largest absolute Gasteiger partial charge is 0.497 e. The Kier molecular flexibility index (Phi) is 5.92.